The van der Waals surface area contributed by atoms with Crippen molar-refractivity contribution in [1.29, 1.82) is 0 Å². The zero-order valence-corrected chi connectivity index (χ0v) is 12.7. The molecule has 0 bridgehead atoms. The third-order valence-electron chi connectivity index (χ3n) is 3.85. The van der Waals surface area contributed by atoms with Crippen molar-refractivity contribution in [1.82, 2.24) is 5.32 Å². The number of carbonyl (C=O) groups excluding carboxylic acids is 1. The van der Waals surface area contributed by atoms with Crippen molar-refractivity contribution in [2.45, 2.75) is 12.5 Å². The van der Waals surface area contributed by atoms with Gasteiger partial charge in [-0.15, -0.1) is 0 Å². The average molecular weight is 309 g/mol. The van der Waals surface area contributed by atoms with E-state index in [0.717, 1.165) is 16.9 Å². The summed E-state index contributed by atoms with van der Waals surface area (Å²) < 4.78 is 5.63. The molecule has 0 aromatic heterocycles. The van der Waals surface area contributed by atoms with Crippen LogP contribution in [0.4, 0.5) is 0 Å². The average Bonchev–Trinajstić information content (AvgIpc) is 2.61. The molecule has 0 saturated carbocycles. The highest BCUT2D eigenvalue weighted by Crippen LogP contribution is 2.26. The maximum atomic E-state index is 12.5. The minimum atomic E-state index is -0.216. The van der Waals surface area contributed by atoms with Gasteiger partial charge in [0.15, 0.2) is 0 Å². The van der Waals surface area contributed by atoms with Gasteiger partial charge >= 0.3 is 0 Å². The van der Waals surface area contributed by atoms with E-state index in [1.807, 2.05) is 60.7 Å². The Morgan fingerprint density at radius 1 is 1.13 bits per heavy atom. The summed E-state index contributed by atoms with van der Waals surface area (Å²) in [6.07, 6.45) is 2.33. The van der Waals surface area contributed by atoms with E-state index < -0.39 is 0 Å². The van der Waals surface area contributed by atoms with Crippen LogP contribution in [0.1, 0.15) is 23.6 Å². The first-order valence-electron chi connectivity index (χ1n) is 7.67. The van der Waals surface area contributed by atoms with Crippen molar-refractivity contribution in [3.05, 3.63) is 71.3 Å². The Morgan fingerprint density at radius 2 is 1.87 bits per heavy atom. The van der Waals surface area contributed by atoms with Gasteiger partial charge in [0.25, 0.3) is 5.91 Å². The van der Waals surface area contributed by atoms with Crippen LogP contribution in [-0.2, 0) is 4.79 Å². The standard InChI is InChI=1S/C19H19NO3/c21-11-10-17(14-6-2-1-3-7-14)20-19(22)16-12-15-8-4-5-9-18(15)23-13-16/h1-9,12,17,21H,10-11,13H2,(H,20,22). The lowest BCUT2D eigenvalue weighted by Gasteiger charge is -2.22. The number of nitrogens with one attached hydrogen (secondary N) is 1. The molecule has 1 aliphatic rings. The molecule has 0 fully saturated rings. The second-order valence-corrected chi connectivity index (χ2v) is 5.45. The number of aliphatic hydroxyl groups is 1. The molecule has 2 N–H and O–H groups in total. The molecule has 2 aromatic carbocycles. The van der Waals surface area contributed by atoms with E-state index in [0.29, 0.717) is 12.0 Å². The number of amides is 1. The largest absolute Gasteiger partial charge is 0.488 e. The van der Waals surface area contributed by atoms with Crippen LogP contribution in [0.3, 0.4) is 0 Å². The predicted octanol–water partition coefficient (Wildman–Crippen LogP) is 2.70. The lowest BCUT2D eigenvalue weighted by molar-refractivity contribution is -0.118. The normalized spacial score (nSPS) is 14.2. The smallest absolute Gasteiger partial charge is 0.251 e. The third kappa shape index (κ3) is 3.60. The van der Waals surface area contributed by atoms with E-state index >= 15 is 0 Å². The second-order valence-electron chi connectivity index (χ2n) is 5.45. The van der Waals surface area contributed by atoms with E-state index in [1.54, 1.807) is 0 Å². The van der Waals surface area contributed by atoms with Crippen LogP contribution < -0.4 is 10.1 Å². The maximum absolute atomic E-state index is 12.5. The van der Waals surface area contributed by atoms with Crippen LogP contribution in [-0.4, -0.2) is 24.2 Å². The molecule has 23 heavy (non-hydrogen) atoms. The van der Waals surface area contributed by atoms with Gasteiger partial charge < -0.3 is 15.2 Å². The molecule has 118 valence electrons. The van der Waals surface area contributed by atoms with Crippen molar-refractivity contribution in [3.63, 3.8) is 0 Å². The first kappa shape index (κ1) is 15.3. The van der Waals surface area contributed by atoms with Gasteiger partial charge in [0, 0.05) is 12.2 Å². The van der Waals surface area contributed by atoms with Crippen LogP contribution in [0.25, 0.3) is 6.08 Å². The molecule has 1 unspecified atom stereocenters. The molecule has 3 rings (SSSR count). The van der Waals surface area contributed by atoms with Gasteiger partial charge in [-0.25, -0.2) is 0 Å². The molecular formula is C19H19NO3. The van der Waals surface area contributed by atoms with Crippen LogP contribution in [0, 0.1) is 0 Å². The molecule has 0 saturated heterocycles. The molecule has 1 aliphatic heterocycles. The number of hydrogen-bond donors (Lipinski definition) is 2. The molecule has 4 nitrogen and oxygen atoms in total. The summed E-state index contributed by atoms with van der Waals surface area (Å²) in [5.74, 6) is 0.626. The fraction of sp³-hybridized carbons (Fsp3) is 0.211. The fourth-order valence-corrected chi connectivity index (χ4v) is 2.63. The fourth-order valence-electron chi connectivity index (χ4n) is 2.63. The lowest BCUT2D eigenvalue weighted by Crippen LogP contribution is -2.32. The number of fused-ring (bicyclic) bond motifs is 1. The number of benzene rings is 2. The highest BCUT2D eigenvalue weighted by atomic mass is 16.5. The number of aliphatic hydroxyl groups excluding tert-OH is 1. The summed E-state index contributed by atoms with van der Waals surface area (Å²) in [6, 6.07) is 17.1. The Hall–Kier alpha value is -2.59. The summed E-state index contributed by atoms with van der Waals surface area (Å²) in [7, 11) is 0. The summed E-state index contributed by atoms with van der Waals surface area (Å²) in [4.78, 5) is 12.5. The number of carbonyl (C=O) groups is 1. The molecule has 1 amide bonds. The number of para-hydroxylation sites is 1. The predicted molar refractivity (Wildman–Crippen MR) is 88.9 cm³/mol. The molecule has 0 aliphatic carbocycles. The Morgan fingerprint density at radius 3 is 2.65 bits per heavy atom. The zero-order chi connectivity index (χ0) is 16.1. The molecule has 0 radical (unpaired) electrons. The summed E-state index contributed by atoms with van der Waals surface area (Å²) in [5.41, 5.74) is 2.47. The minimum absolute atomic E-state index is 0.0121. The van der Waals surface area contributed by atoms with Gasteiger partial charge in [-0.05, 0) is 24.1 Å². The van der Waals surface area contributed by atoms with E-state index in [2.05, 4.69) is 5.32 Å². The molecular weight excluding hydrogens is 290 g/mol. The van der Waals surface area contributed by atoms with Gasteiger partial charge in [0.2, 0.25) is 0 Å². The summed E-state index contributed by atoms with van der Waals surface area (Å²) >= 11 is 0. The van der Waals surface area contributed by atoms with Gasteiger partial charge in [0.05, 0.1) is 11.6 Å². The van der Waals surface area contributed by atoms with Gasteiger partial charge in [-0.2, -0.15) is 0 Å². The van der Waals surface area contributed by atoms with Crippen molar-refractivity contribution in [3.8, 4) is 5.75 Å². The van der Waals surface area contributed by atoms with E-state index in [4.69, 9.17) is 4.74 Å². The van der Waals surface area contributed by atoms with Crippen molar-refractivity contribution in [2.75, 3.05) is 13.2 Å². The minimum Gasteiger partial charge on any atom is -0.488 e. The topological polar surface area (TPSA) is 58.6 Å². The Bertz CT molecular complexity index is 710. The lowest BCUT2D eigenvalue weighted by atomic mass is 10.0. The van der Waals surface area contributed by atoms with Crippen LogP contribution in [0.5, 0.6) is 5.75 Å². The number of ether oxygens (including phenoxy) is 1. The van der Waals surface area contributed by atoms with Gasteiger partial charge in [-0.3, -0.25) is 4.79 Å². The van der Waals surface area contributed by atoms with Gasteiger partial charge in [0.1, 0.15) is 12.4 Å². The zero-order valence-electron chi connectivity index (χ0n) is 12.7. The number of rotatable bonds is 5. The van der Waals surface area contributed by atoms with Crippen molar-refractivity contribution >= 4 is 12.0 Å². The van der Waals surface area contributed by atoms with E-state index in [1.165, 1.54) is 0 Å². The number of hydrogen-bond acceptors (Lipinski definition) is 3. The highest BCUT2D eigenvalue weighted by Gasteiger charge is 2.20. The third-order valence-corrected chi connectivity index (χ3v) is 3.85. The van der Waals surface area contributed by atoms with Crippen LogP contribution >= 0.6 is 0 Å². The van der Waals surface area contributed by atoms with Crippen molar-refractivity contribution in [2.24, 2.45) is 0 Å². The molecule has 1 atom stereocenters. The van der Waals surface area contributed by atoms with Crippen LogP contribution in [0.15, 0.2) is 60.2 Å². The molecule has 4 heteroatoms. The van der Waals surface area contributed by atoms with Gasteiger partial charge in [-0.1, -0.05) is 48.5 Å². The SMILES string of the molecule is O=C(NC(CCO)c1ccccc1)C1=Cc2ccccc2OC1. The Balaban J connectivity index is 1.76. The first-order valence-corrected chi connectivity index (χ1v) is 7.67. The molecule has 2 aromatic rings. The monoisotopic (exact) mass is 309 g/mol. The second kappa shape index (κ2) is 7.11. The highest BCUT2D eigenvalue weighted by molar-refractivity contribution is 5.99. The van der Waals surface area contributed by atoms with Crippen molar-refractivity contribution < 1.29 is 14.6 Å². The Kier molecular flexibility index (Phi) is 4.74. The molecule has 1 heterocycles. The van der Waals surface area contributed by atoms with E-state index in [-0.39, 0.29) is 25.2 Å². The quantitative estimate of drug-likeness (QED) is 0.893. The van der Waals surface area contributed by atoms with E-state index in [9.17, 15) is 9.90 Å². The maximum Gasteiger partial charge on any atom is 0.251 e. The molecule has 0 spiro atoms. The summed E-state index contributed by atoms with van der Waals surface area (Å²) in [5, 5.41) is 12.2. The first-order chi connectivity index (χ1) is 11.3. The summed E-state index contributed by atoms with van der Waals surface area (Å²) in [6.45, 7) is 0.266. The Labute approximate surface area is 135 Å². The van der Waals surface area contributed by atoms with Crippen LogP contribution in [0.2, 0.25) is 0 Å².